The van der Waals surface area contributed by atoms with E-state index in [2.05, 4.69) is 53.5 Å². The van der Waals surface area contributed by atoms with Crippen molar-refractivity contribution in [2.24, 2.45) is 5.92 Å². The second-order valence-corrected chi connectivity index (χ2v) is 6.85. The first-order chi connectivity index (χ1) is 11.9. The van der Waals surface area contributed by atoms with Gasteiger partial charge in [-0.2, -0.15) is 0 Å². The van der Waals surface area contributed by atoms with Crippen LogP contribution in [-0.4, -0.2) is 4.98 Å². The molecule has 0 atom stereocenters. The first-order valence-corrected chi connectivity index (χ1v) is 8.99. The summed E-state index contributed by atoms with van der Waals surface area (Å²) in [5.41, 5.74) is 6.09. The van der Waals surface area contributed by atoms with Crippen LogP contribution in [0.15, 0.2) is 72.9 Å². The molecule has 0 amide bonds. The number of hydrogen-bond acceptors (Lipinski definition) is 1. The topological polar surface area (TPSA) is 12.9 Å². The van der Waals surface area contributed by atoms with Crippen LogP contribution in [0.5, 0.6) is 0 Å². The van der Waals surface area contributed by atoms with Gasteiger partial charge in [0.2, 0.25) is 0 Å². The highest BCUT2D eigenvalue weighted by Gasteiger charge is 2.15. The fraction of sp³-hybridized carbons (Fsp3) is 0.261. The van der Waals surface area contributed by atoms with Gasteiger partial charge >= 0.3 is 0 Å². The zero-order valence-electron chi connectivity index (χ0n) is 14.0. The van der Waals surface area contributed by atoms with Crippen LogP contribution in [0.3, 0.4) is 0 Å². The Labute approximate surface area is 144 Å². The monoisotopic (exact) mass is 313 g/mol. The van der Waals surface area contributed by atoms with Crippen LogP contribution >= 0.6 is 0 Å². The van der Waals surface area contributed by atoms with Gasteiger partial charge in [0.15, 0.2) is 0 Å². The lowest BCUT2D eigenvalue weighted by Crippen LogP contribution is -1.98. The van der Waals surface area contributed by atoms with Crippen molar-refractivity contribution in [3.8, 4) is 22.4 Å². The fourth-order valence-electron chi connectivity index (χ4n) is 3.73. The molecule has 0 spiro atoms. The van der Waals surface area contributed by atoms with Crippen molar-refractivity contribution in [2.45, 2.75) is 32.1 Å². The predicted molar refractivity (Wildman–Crippen MR) is 101 cm³/mol. The molecular formula is C23H23N. The maximum Gasteiger partial charge on any atom is 0.0702 e. The molecule has 24 heavy (non-hydrogen) atoms. The summed E-state index contributed by atoms with van der Waals surface area (Å²) in [6, 6.07) is 23.7. The number of rotatable bonds is 4. The van der Waals surface area contributed by atoms with Crippen LogP contribution in [0.1, 0.15) is 31.2 Å². The Kier molecular flexibility index (Phi) is 4.42. The van der Waals surface area contributed by atoms with E-state index in [1.165, 1.54) is 48.8 Å². The Morgan fingerprint density at radius 3 is 2.08 bits per heavy atom. The van der Waals surface area contributed by atoms with Crippen molar-refractivity contribution in [3.05, 3.63) is 78.5 Å². The molecular weight excluding hydrogens is 290 g/mol. The van der Waals surface area contributed by atoms with E-state index in [0.29, 0.717) is 0 Å². The number of benzene rings is 2. The molecule has 0 radical (unpaired) electrons. The van der Waals surface area contributed by atoms with E-state index >= 15 is 0 Å². The molecule has 0 aliphatic heterocycles. The van der Waals surface area contributed by atoms with Gasteiger partial charge in [-0.1, -0.05) is 86.3 Å². The third-order valence-corrected chi connectivity index (χ3v) is 5.12. The summed E-state index contributed by atoms with van der Waals surface area (Å²) in [5.74, 6) is 0.905. The van der Waals surface area contributed by atoms with Crippen LogP contribution in [0.4, 0.5) is 0 Å². The Hall–Kier alpha value is -2.41. The minimum Gasteiger partial charge on any atom is -0.256 e. The zero-order valence-corrected chi connectivity index (χ0v) is 14.0. The van der Waals surface area contributed by atoms with Crippen molar-refractivity contribution >= 4 is 0 Å². The molecule has 1 nitrogen and oxygen atoms in total. The van der Waals surface area contributed by atoms with Crippen LogP contribution < -0.4 is 0 Å². The Balaban J connectivity index is 1.49. The molecule has 1 saturated carbocycles. The predicted octanol–water partition coefficient (Wildman–Crippen LogP) is 6.15. The van der Waals surface area contributed by atoms with Gasteiger partial charge in [-0.25, -0.2) is 0 Å². The average Bonchev–Trinajstić information content (AvgIpc) is 3.16. The molecule has 4 rings (SSSR count). The molecule has 1 aliphatic carbocycles. The molecule has 0 N–H and O–H groups in total. The van der Waals surface area contributed by atoms with Crippen molar-refractivity contribution in [1.82, 2.24) is 4.98 Å². The zero-order chi connectivity index (χ0) is 16.2. The van der Waals surface area contributed by atoms with Gasteiger partial charge < -0.3 is 0 Å². The Morgan fingerprint density at radius 2 is 1.42 bits per heavy atom. The maximum atomic E-state index is 4.63. The van der Waals surface area contributed by atoms with E-state index in [9.17, 15) is 0 Å². The van der Waals surface area contributed by atoms with Crippen LogP contribution in [-0.2, 0) is 6.42 Å². The average molecular weight is 313 g/mol. The molecule has 0 unspecified atom stereocenters. The van der Waals surface area contributed by atoms with Gasteiger partial charge in [-0.3, -0.25) is 4.98 Å². The summed E-state index contributed by atoms with van der Waals surface area (Å²) in [6.45, 7) is 0. The molecule has 1 aromatic heterocycles. The quantitative estimate of drug-likeness (QED) is 0.563. The number of nitrogens with zero attached hydrogens (tertiary/aromatic N) is 1. The Morgan fingerprint density at radius 1 is 0.708 bits per heavy atom. The summed E-state index contributed by atoms with van der Waals surface area (Å²) < 4.78 is 0. The van der Waals surface area contributed by atoms with Crippen LogP contribution in [0.25, 0.3) is 22.4 Å². The second-order valence-electron chi connectivity index (χ2n) is 6.85. The summed E-state index contributed by atoms with van der Waals surface area (Å²) in [7, 11) is 0. The lowest BCUT2D eigenvalue weighted by molar-refractivity contribution is 0.546. The minimum atomic E-state index is 0.905. The normalized spacial score (nSPS) is 14.8. The van der Waals surface area contributed by atoms with E-state index in [4.69, 9.17) is 0 Å². The van der Waals surface area contributed by atoms with E-state index in [0.717, 1.165) is 17.2 Å². The van der Waals surface area contributed by atoms with Crippen molar-refractivity contribution in [1.29, 1.82) is 0 Å². The van der Waals surface area contributed by atoms with E-state index in [1.54, 1.807) is 0 Å². The Bertz CT molecular complexity index is 767. The standard InChI is InChI=1S/C23H23N/c1-2-8-21(9-3-1)23-15-14-22(17-24-23)20-12-10-19(11-13-20)16-18-6-4-5-7-18/h1-3,8-15,17-18H,4-7,16H2. The number of pyridine rings is 1. The summed E-state index contributed by atoms with van der Waals surface area (Å²) in [5, 5.41) is 0. The van der Waals surface area contributed by atoms with Gasteiger partial charge in [-0.05, 0) is 29.5 Å². The molecule has 0 bridgehead atoms. The molecule has 0 saturated heterocycles. The first-order valence-electron chi connectivity index (χ1n) is 8.99. The lowest BCUT2D eigenvalue weighted by atomic mass is 9.96. The highest BCUT2D eigenvalue weighted by Crippen LogP contribution is 2.29. The van der Waals surface area contributed by atoms with Gasteiger partial charge in [0.1, 0.15) is 0 Å². The number of aromatic nitrogens is 1. The SMILES string of the molecule is c1ccc(-c2ccc(-c3ccc(CC4CCCC4)cc3)cn2)cc1. The smallest absolute Gasteiger partial charge is 0.0702 e. The van der Waals surface area contributed by atoms with Crippen molar-refractivity contribution < 1.29 is 0 Å². The van der Waals surface area contributed by atoms with Crippen molar-refractivity contribution in [3.63, 3.8) is 0 Å². The molecule has 1 fully saturated rings. The third kappa shape index (κ3) is 3.41. The van der Waals surface area contributed by atoms with Crippen molar-refractivity contribution in [2.75, 3.05) is 0 Å². The highest BCUT2D eigenvalue weighted by molar-refractivity contribution is 5.66. The summed E-state index contributed by atoms with van der Waals surface area (Å²) in [4.78, 5) is 4.63. The van der Waals surface area contributed by atoms with Gasteiger partial charge in [0, 0.05) is 17.3 Å². The van der Waals surface area contributed by atoms with Gasteiger partial charge in [-0.15, -0.1) is 0 Å². The van der Waals surface area contributed by atoms with E-state index in [1.807, 2.05) is 24.4 Å². The summed E-state index contributed by atoms with van der Waals surface area (Å²) >= 11 is 0. The third-order valence-electron chi connectivity index (χ3n) is 5.12. The summed E-state index contributed by atoms with van der Waals surface area (Å²) in [6.07, 6.45) is 8.88. The molecule has 120 valence electrons. The minimum absolute atomic E-state index is 0.905. The van der Waals surface area contributed by atoms with Crippen LogP contribution in [0, 0.1) is 5.92 Å². The molecule has 1 aliphatic rings. The fourth-order valence-corrected chi connectivity index (χ4v) is 3.73. The molecule has 3 aromatic rings. The molecule has 1 heterocycles. The van der Waals surface area contributed by atoms with Crippen LogP contribution in [0.2, 0.25) is 0 Å². The van der Waals surface area contributed by atoms with Gasteiger partial charge in [0.25, 0.3) is 0 Å². The molecule has 1 heteroatoms. The first kappa shape index (κ1) is 15.1. The maximum absolute atomic E-state index is 4.63. The van der Waals surface area contributed by atoms with Gasteiger partial charge in [0.05, 0.1) is 5.69 Å². The van der Waals surface area contributed by atoms with E-state index in [-0.39, 0.29) is 0 Å². The molecule has 2 aromatic carbocycles. The van der Waals surface area contributed by atoms with E-state index < -0.39 is 0 Å². The highest BCUT2D eigenvalue weighted by atomic mass is 14.7. The largest absolute Gasteiger partial charge is 0.256 e. The second kappa shape index (κ2) is 7.00. The lowest BCUT2D eigenvalue weighted by Gasteiger charge is -2.10. The number of hydrogen-bond donors (Lipinski definition) is 0.